The van der Waals surface area contributed by atoms with E-state index >= 15 is 0 Å². The van der Waals surface area contributed by atoms with Crippen LogP contribution in [0.4, 0.5) is 17.1 Å². The Morgan fingerprint density at radius 1 is 0.356 bits per heavy atom. The van der Waals surface area contributed by atoms with Crippen LogP contribution < -0.4 is 4.90 Å². The molecule has 0 unspecified atom stereocenters. The van der Waals surface area contributed by atoms with Crippen LogP contribution in [0.2, 0.25) is 0 Å². The molecule has 0 saturated carbocycles. The fourth-order valence-corrected chi connectivity index (χ4v) is 10.6. The van der Waals surface area contributed by atoms with E-state index in [-0.39, 0.29) is 5.41 Å². The van der Waals surface area contributed by atoms with Gasteiger partial charge in [-0.05, 0) is 139 Å². The Morgan fingerprint density at radius 3 is 1.58 bits per heavy atom. The van der Waals surface area contributed by atoms with E-state index in [0.717, 1.165) is 17.1 Å². The van der Waals surface area contributed by atoms with Crippen LogP contribution in [0, 0.1) is 13.8 Å². The Kier molecular flexibility index (Phi) is 7.94. The average Bonchev–Trinajstić information content (AvgIpc) is 3.71. The van der Waals surface area contributed by atoms with E-state index in [9.17, 15) is 0 Å². The third-order valence-corrected chi connectivity index (χ3v) is 13.4. The summed E-state index contributed by atoms with van der Waals surface area (Å²) < 4.78 is 0. The maximum absolute atomic E-state index is 2.50. The maximum atomic E-state index is 2.50. The van der Waals surface area contributed by atoms with Gasteiger partial charge in [0.25, 0.3) is 0 Å². The van der Waals surface area contributed by atoms with E-state index in [4.69, 9.17) is 0 Å². The van der Waals surface area contributed by atoms with E-state index in [1.807, 2.05) is 0 Å². The SMILES string of the molecule is Cc1ccccc1-c1cc(N(c2ccc3c(c2)C(C)(C)c2ccccc2-3)c2ccc3c(c2)C(c2ccccc2)(c2ccccc2)c2c-3ccc3ccccc23)ccc1C. The summed E-state index contributed by atoms with van der Waals surface area (Å²) in [4.78, 5) is 2.50. The molecule has 0 saturated heterocycles. The highest BCUT2D eigenvalue weighted by atomic mass is 15.1. The third kappa shape index (κ3) is 5.17. The second-order valence-corrected chi connectivity index (χ2v) is 17.0. The van der Waals surface area contributed by atoms with Gasteiger partial charge in [0, 0.05) is 22.5 Å². The first-order valence-electron chi connectivity index (χ1n) is 20.8. The first-order chi connectivity index (χ1) is 28.9. The zero-order valence-corrected chi connectivity index (χ0v) is 34.0. The van der Waals surface area contributed by atoms with Gasteiger partial charge in [0.2, 0.25) is 0 Å². The molecule has 0 N–H and O–H groups in total. The van der Waals surface area contributed by atoms with Gasteiger partial charge in [-0.3, -0.25) is 0 Å². The monoisotopic (exact) mass is 755 g/mol. The zero-order valence-electron chi connectivity index (χ0n) is 34.0. The Labute approximate surface area is 347 Å². The lowest BCUT2D eigenvalue weighted by molar-refractivity contribution is 0.660. The first-order valence-corrected chi connectivity index (χ1v) is 20.8. The largest absolute Gasteiger partial charge is 0.310 e. The van der Waals surface area contributed by atoms with Gasteiger partial charge in [-0.15, -0.1) is 0 Å². The summed E-state index contributed by atoms with van der Waals surface area (Å²) in [5, 5.41) is 2.54. The fraction of sp³-hybridized carbons (Fsp3) is 0.103. The number of benzene rings is 9. The lowest BCUT2D eigenvalue weighted by Gasteiger charge is -2.35. The summed E-state index contributed by atoms with van der Waals surface area (Å²) in [6.45, 7) is 9.20. The van der Waals surface area contributed by atoms with Gasteiger partial charge in [-0.1, -0.05) is 178 Å². The van der Waals surface area contributed by atoms with Gasteiger partial charge in [-0.25, -0.2) is 0 Å². The Hall–Kier alpha value is -6.96. The maximum Gasteiger partial charge on any atom is 0.0720 e. The van der Waals surface area contributed by atoms with Gasteiger partial charge in [0.1, 0.15) is 0 Å². The second-order valence-electron chi connectivity index (χ2n) is 17.0. The van der Waals surface area contributed by atoms with Crippen LogP contribution in [0.15, 0.2) is 200 Å². The van der Waals surface area contributed by atoms with Crippen molar-refractivity contribution in [3.05, 3.63) is 245 Å². The number of nitrogens with zero attached hydrogens (tertiary/aromatic N) is 1. The Morgan fingerprint density at radius 2 is 0.864 bits per heavy atom. The third-order valence-electron chi connectivity index (χ3n) is 13.4. The molecule has 0 fully saturated rings. The van der Waals surface area contributed by atoms with Crippen molar-refractivity contribution < 1.29 is 0 Å². The molecular formula is C58H45N. The van der Waals surface area contributed by atoms with Crippen molar-refractivity contribution >= 4 is 27.8 Å². The number of rotatable bonds is 6. The Bertz CT molecular complexity index is 3060. The average molecular weight is 756 g/mol. The zero-order chi connectivity index (χ0) is 39.9. The summed E-state index contributed by atoms with van der Waals surface area (Å²) in [7, 11) is 0. The van der Waals surface area contributed by atoms with Crippen LogP contribution in [0.25, 0.3) is 44.2 Å². The van der Waals surface area contributed by atoms with Crippen LogP contribution in [-0.4, -0.2) is 0 Å². The standard InChI is InChI=1S/C58H45N/c1-38-17-11-13-23-46(38)52-35-43(29-27-39(52)2)59(44-30-33-49-48-25-15-16-26-53(48)57(3,4)54(49)36-44)45-31-34-50-51-32-28-40-18-12-14-24-47(40)56(51)58(55(50)37-45,41-19-7-5-8-20-41)42-21-9-6-10-22-42/h5-37H,1-4H3. The molecule has 0 bridgehead atoms. The molecule has 11 rings (SSSR count). The number of aryl methyl sites for hydroxylation is 2. The molecule has 0 heterocycles. The van der Waals surface area contributed by atoms with Gasteiger partial charge < -0.3 is 4.90 Å². The van der Waals surface area contributed by atoms with Crippen LogP contribution in [0.3, 0.4) is 0 Å². The van der Waals surface area contributed by atoms with Gasteiger partial charge in [0.15, 0.2) is 0 Å². The summed E-state index contributed by atoms with van der Waals surface area (Å²) in [6.07, 6.45) is 0. The molecule has 0 aliphatic heterocycles. The molecule has 0 radical (unpaired) electrons. The molecule has 282 valence electrons. The van der Waals surface area contributed by atoms with Crippen LogP contribution in [0.5, 0.6) is 0 Å². The van der Waals surface area contributed by atoms with E-state index in [2.05, 4.69) is 233 Å². The molecule has 2 aliphatic rings. The predicted octanol–water partition coefficient (Wildman–Crippen LogP) is 15.3. The minimum atomic E-state index is -0.559. The van der Waals surface area contributed by atoms with Crippen molar-refractivity contribution in [3.63, 3.8) is 0 Å². The molecule has 1 heteroatoms. The highest BCUT2D eigenvalue weighted by Gasteiger charge is 2.47. The van der Waals surface area contributed by atoms with Crippen molar-refractivity contribution in [2.24, 2.45) is 0 Å². The van der Waals surface area contributed by atoms with Gasteiger partial charge >= 0.3 is 0 Å². The van der Waals surface area contributed by atoms with Crippen molar-refractivity contribution in [2.45, 2.75) is 38.5 Å². The molecule has 1 nitrogen and oxygen atoms in total. The molecular weight excluding hydrogens is 711 g/mol. The highest BCUT2D eigenvalue weighted by Crippen LogP contribution is 2.59. The molecule has 0 amide bonds. The molecule has 0 spiro atoms. The van der Waals surface area contributed by atoms with E-state index in [1.54, 1.807) is 0 Å². The minimum absolute atomic E-state index is 0.135. The summed E-state index contributed by atoms with van der Waals surface area (Å²) in [5.41, 5.74) is 20.9. The van der Waals surface area contributed by atoms with Crippen molar-refractivity contribution in [1.29, 1.82) is 0 Å². The quantitative estimate of drug-likeness (QED) is 0.163. The van der Waals surface area contributed by atoms with Crippen molar-refractivity contribution in [3.8, 4) is 33.4 Å². The number of hydrogen-bond acceptors (Lipinski definition) is 1. The second kappa shape index (κ2) is 13.3. The van der Waals surface area contributed by atoms with Crippen molar-refractivity contribution in [1.82, 2.24) is 0 Å². The first kappa shape index (κ1) is 35.2. The number of fused-ring (bicyclic) bond motifs is 8. The fourth-order valence-electron chi connectivity index (χ4n) is 10.6. The minimum Gasteiger partial charge on any atom is -0.310 e. The molecule has 9 aromatic carbocycles. The summed E-state index contributed by atoms with van der Waals surface area (Å²) in [5.74, 6) is 0. The van der Waals surface area contributed by atoms with Crippen LogP contribution in [0.1, 0.15) is 58.4 Å². The normalized spacial score (nSPS) is 14.0. The van der Waals surface area contributed by atoms with E-state index in [1.165, 1.54) is 88.7 Å². The van der Waals surface area contributed by atoms with E-state index in [0.29, 0.717) is 0 Å². The smallest absolute Gasteiger partial charge is 0.0720 e. The van der Waals surface area contributed by atoms with Gasteiger partial charge in [-0.2, -0.15) is 0 Å². The lowest BCUT2D eigenvalue weighted by atomic mass is 9.66. The molecule has 9 aromatic rings. The Balaban J connectivity index is 1.21. The molecule has 0 aromatic heterocycles. The summed E-state index contributed by atoms with van der Waals surface area (Å²) in [6, 6.07) is 75.0. The summed E-state index contributed by atoms with van der Waals surface area (Å²) >= 11 is 0. The van der Waals surface area contributed by atoms with Crippen molar-refractivity contribution in [2.75, 3.05) is 4.90 Å². The van der Waals surface area contributed by atoms with E-state index < -0.39 is 5.41 Å². The molecule has 2 aliphatic carbocycles. The predicted molar refractivity (Wildman–Crippen MR) is 248 cm³/mol. The lowest BCUT2D eigenvalue weighted by Crippen LogP contribution is -2.29. The number of hydrogen-bond donors (Lipinski definition) is 0. The van der Waals surface area contributed by atoms with Gasteiger partial charge in [0.05, 0.1) is 5.41 Å². The molecule has 0 atom stereocenters. The topological polar surface area (TPSA) is 3.24 Å². The highest BCUT2D eigenvalue weighted by molar-refractivity contribution is 6.01. The molecule has 59 heavy (non-hydrogen) atoms. The van der Waals surface area contributed by atoms with Crippen LogP contribution >= 0.6 is 0 Å². The number of anilines is 3. The van der Waals surface area contributed by atoms with Crippen LogP contribution in [-0.2, 0) is 10.8 Å².